The van der Waals surface area contributed by atoms with Crippen LogP contribution in [0.3, 0.4) is 0 Å². The highest BCUT2D eigenvalue weighted by Gasteiger charge is 2.27. The van der Waals surface area contributed by atoms with Crippen molar-refractivity contribution in [1.29, 1.82) is 0 Å². The van der Waals surface area contributed by atoms with Crippen LogP contribution < -0.4 is 21.7 Å². The number of dihydropyridines is 1. The lowest BCUT2D eigenvalue weighted by Crippen LogP contribution is -2.49. The zero-order valence-corrected chi connectivity index (χ0v) is 17.8. The van der Waals surface area contributed by atoms with E-state index in [0.29, 0.717) is 18.2 Å². The number of hydrogen-bond donors (Lipinski definition) is 6. The van der Waals surface area contributed by atoms with Crippen molar-refractivity contribution in [2.75, 3.05) is 13.2 Å². The maximum absolute atomic E-state index is 10.1. The lowest BCUT2D eigenvalue weighted by Gasteiger charge is -2.34. The predicted octanol–water partition coefficient (Wildman–Crippen LogP) is 1.79. The second-order valence-corrected chi connectivity index (χ2v) is 8.63. The van der Waals surface area contributed by atoms with Crippen molar-refractivity contribution in [3.8, 4) is 0 Å². The molecule has 29 heavy (non-hydrogen) atoms. The van der Waals surface area contributed by atoms with E-state index in [-0.39, 0.29) is 24.6 Å². The number of nitrogens with one attached hydrogen (secondary N) is 3. The van der Waals surface area contributed by atoms with E-state index in [9.17, 15) is 10.2 Å². The molecular formula is C23H38N4O2. The third kappa shape index (κ3) is 5.72. The molecule has 6 heteroatoms. The van der Waals surface area contributed by atoms with Crippen LogP contribution in [0.2, 0.25) is 0 Å². The monoisotopic (exact) mass is 402 g/mol. The third-order valence-electron chi connectivity index (χ3n) is 6.37. The van der Waals surface area contributed by atoms with Crippen LogP contribution in [0.5, 0.6) is 0 Å². The molecule has 0 aromatic carbocycles. The highest BCUT2D eigenvalue weighted by Crippen LogP contribution is 2.25. The summed E-state index contributed by atoms with van der Waals surface area (Å²) in [4.78, 5) is 0. The number of hydrogen-bond acceptors (Lipinski definition) is 6. The van der Waals surface area contributed by atoms with Crippen LogP contribution in [-0.2, 0) is 0 Å². The van der Waals surface area contributed by atoms with Gasteiger partial charge < -0.3 is 31.9 Å². The summed E-state index contributed by atoms with van der Waals surface area (Å²) in [7, 11) is 0. The maximum Gasteiger partial charge on any atom is 0.132 e. The summed E-state index contributed by atoms with van der Waals surface area (Å²) in [5, 5.41) is 30.8. The Kier molecular flexibility index (Phi) is 7.95. The molecule has 3 aliphatic rings. The fourth-order valence-corrected chi connectivity index (χ4v) is 4.63. The highest BCUT2D eigenvalue weighted by atomic mass is 16.3. The zero-order chi connectivity index (χ0) is 20.8. The maximum atomic E-state index is 10.1. The molecule has 3 rings (SSSR count). The van der Waals surface area contributed by atoms with Crippen LogP contribution in [-0.4, -0.2) is 47.7 Å². The van der Waals surface area contributed by atoms with Gasteiger partial charge in [0, 0.05) is 36.7 Å². The molecule has 1 saturated carbocycles. The number of rotatable bonds is 9. The third-order valence-corrected chi connectivity index (χ3v) is 6.37. The summed E-state index contributed by atoms with van der Waals surface area (Å²) in [6.07, 6.45) is 14.6. The molecule has 1 fully saturated rings. The van der Waals surface area contributed by atoms with Crippen molar-refractivity contribution in [1.82, 2.24) is 16.0 Å². The Bertz CT molecular complexity index is 674. The van der Waals surface area contributed by atoms with E-state index in [1.54, 1.807) is 0 Å². The summed E-state index contributed by atoms with van der Waals surface area (Å²) >= 11 is 0. The SMILES string of the molecule is CCC(NC1CCCCC1)C(CO)CNC1=C(C(N)O)C=C2C=C(C)C=CC2N1. The zero-order valence-electron chi connectivity index (χ0n) is 17.8. The van der Waals surface area contributed by atoms with Crippen LogP contribution in [0.1, 0.15) is 52.4 Å². The summed E-state index contributed by atoms with van der Waals surface area (Å²) in [5.74, 6) is 0.833. The van der Waals surface area contributed by atoms with Gasteiger partial charge in [-0.05, 0) is 37.8 Å². The number of aliphatic hydroxyl groups is 2. The lowest BCUT2D eigenvalue weighted by atomic mass is 9.91. The van der Waals surface area contributed by atoms with Crippen LogP contribution >= 0.6 is 0 Å². The molecule has 7 N–H and O–H groups in total. The average Bonchev–Trinajstić information content (AvgIpc) is 2.73. The molecule has 0 saturated heterocycles. The Balaban J connectivity index is 1.67. The van der Waals surface area contributed by atoms with Crippen LogP contribution in [0, 0.1) is 5.92 Å². The molecule has 0 aromatic heterocycles. The highest BCUT2D eigenvalue weighted by molar-refractivity contribution is 5.49. The fourth-order valence-electron chi connectivity index (χ4n) is 4.63. The van der Waals surface area contributed by atoms with Gasteiger partial charge in [-0.1, -0.05) is 50.0 Å². The van der Waals surface area contributed by atoms with Gasteiger partial charge in [0.1, 0.15) is 12.0 Å². The first-order chi connectivity index (χ1) is 14.0. The minimum absolute atomic E-state index is 0.0682. The van der Waals surface area contributed by atoms with E-state index in [4.69, 9.17) is 5.73 Å². The first kappa shape index (κ1) is 22.1. The van der Waals surface area contributed by atoms with E-state index in [2.05, 4.69) is 48.0 Å². The lowest BCUT2D eigenvalue weighted by molar-refractivity contribution is 0.170. The van der Waals surface area contributed by atoms with Crippen molar-refractivity contribution in [3.63, 3.8) is 0 Å². The summed E-state index contributed by atoms with van der Waals surface area (Å²) in [6.45, 7) is 4.96. The molecule has 0 aromatic rings. The van der Waals surface area contributed by atoms with Gasteiger partial charge in [-0.15, -0.1) is 0 Å². The molecule has 0 bridgehead atoms. The van der Waals surface area contributed by atoms with Gasteiger partial charge in [-0.2, -0.15) is 0 Å². The van der Waals surface area contributed by atoms with Crippen LogP contribution in [0.4, 0.5) is 0 Å². The topological polar surface area (TPSA) is 103 Å². The molecular weight excluding hydrogens is 364 g/mol. The Labute approximate surface area is 175 Å². The first-order valence-corrected chi connectivity index (χ1v) is 11.1. The van der Waals surface area contributed by atoms with Gasteiger partial charge in [0.15, 0.2) is 0 Å². The molecule has 1 aliphatic heterocycles. The minimum atomic E-state index is -1.06. The molecule has 162 valence electrons. The molecule has 2 aliphatic carbocycles. The van der Waals surface area contributed by atoms with Crippen molar-refractivity contribution < 1.29 is 10.2 Å². The molecule has 4 unspecified atom stereocenters. The van der Waals surface area contributed by atoms with E-state index in [1.165, 1.54) is 37.7 Å². The van der Waals surface area contributed by atoms with Gasteiger partial charge in [0.2, 0.25) is 0 Å². The van der Waals surface area contributed by atoms with Crippen molar-refractivity contribution >= 4 is 0 Å². The van der Waals surface area contributed by atoms with E-state index >= 15 is 0 Å². The Morgan fingerprint density at radius 2 is 2.00 bits per heavy atom. The second kappa shape index (κ2) is 10.4. The molecule has 4 atom stereocenters. The fraction of sp³-hybridized carbons (Fsp3) is 0.652. The number of allylic oxidation sites excluding steroid dienone is 2. The van der Waals surface area contributed by atoms with Gasteiger partial charge in [0.25, 0.3) is 0 Å². The Morgan fingerprint density at radius 1 is 1.24 bits per heavy atom. The van der Waals surface area contributed by atoms with Gasteiger partial charge in [0.05, 0.1) is 6.04 Å². The van der Waals surface area contributed by atoms with Crippen molar-refractivity contribution in [3.05, 3.63) is 46.8 Å². The average molecular weight is 403 g/mol. The molecule has 6 nitrogen and oxygen atoms in total. The first-order valence-electron chi connectivity index (χ1n) is 11.1. The van der Waals surface area contributed by atoms with Crippen molar-refractivity contribution in [2.45, 2.75) is 76.7 Å². The summed E-state index contributed by atoms with van der Waals surface area (Å²) < 4.78 is 0. The van der Waals surface area contributed by atoms with Crippen LogP contribution in [0.25, 0.3) is 0 Å². The Hall–Kier alpha value is -1.60. The molecule has 0 amide bonds. The largest absolute Gasteiger partial charge is 0.396 e. The number of aliphatic hydroxyl groups excluding tert-OH is 2. The van der Waals surface area contributed by atoms with Crippen molar-refractivity contribution in [2.24, 2.45) is 11.7 Å². The van der Waals surface area contributed by atoms with E-state index in [1.807, 2.05) is 6.08 Å². The smallest absolute Gasteiger partial charge is 0.132 e. The second-order valence-electron chi connectivity index (χ2n) is 8.63. The van der Waals surface area contributed by atoms with E-state index < -0.39 is 6.23 Å². The normalized spacial score (nSPS) is 25.5. The van der Waals surface area contributed by atoms with E-state index in [0.717, 1.165) is 17.8 Å². The van der Waals surface area contributed by atoms with Gasteiger partial charge in [-0.25, -0.2) is 0 Å². The number of fused-ring (bicyclic) bond motifs is 1. The number of nitrogens with two attached hydrogens (primary N) is 1. The summed E-state index contributed by atoms with van der Waals surface area (Å²) in [5.41, 5.74) is 8.76. The Morgan fingerprint density at radius 3 is 2.66 bits per heavy atom. The molecule has 0 spiro atoms. The van der Waals surface area contributed by atoms with Gasteiger partial charge in [-0.3, -0.25) is 0 Å². The molecule has 0 radical (unpaired) electrons. The quantitative estimate of drug-likeness (QED) is 0.329. The predicted molar refractivity (Wildman–Crippen MR) is 118 cm³/mol. The van der Waals surface area contributed by atoms with Crippen LogP contribution in [0.15, 0.2) is 46.8 Å². The molecule has 1 heterocycles. The standard InChI is InChI=1S/C23H38N4O2/c1-3-20(26-18-7-5-4-6-8-18)17(14-28)13-25-23-19(22(24)29)12-16-11-15(2)9-10-21(16)27-23/h9-12,17-18,20-22,25-29H,3-8,13-14,24H2,1-2H3. The van der Waals surface area contributed by atoms with Gasteiger partial charge >= 0.3 is 0 Å². The minimum Gasteiger partial charge on any atom is -0.396 e. The summed E-state index contributed by atoms with van der Waals surface area (Å²) in [6, 6.07) is 0.889.